The molecule has 0 spiro atoms. The van der Waals surface area contributed by atoms with E-state index in [0.29, 0.717) is 30.8 Å². The minimum Gasteiger partial charge on any atom is -0.481 e. The Balaban J connectivity index is 2.20. The van der Waals surface area contributed by atoms with E-state index in [4.69, 9.17) is 5.11 Å². The molecule has 0 aromatic rings. The van der Waals surface area contributed by atoms with Gasteiger partial charge in [0.2, 0.25) is 5.91 Å². The van der Waals surface area contributed by atoms with Gasteiger partial charge in [-0.2, -0.15) is 0 Å². The standard InChI is InChI=1S/C18H31NO4S/c1-2-3-6-9-15(20)11-12-17-19(16(21)14-24-17)13-8-5-4-7-10-18(22)23/h17H,2-14H2,1H3,(H,22,23). The Morgan fingerprint density at radius 3 is 2.50 bits per heavy atom. The van der Waals surface area contributed by atoms with Gasteiger partial charge in [0, 0.05) is 25.8 Å². The second-order valence-electron chi connectivity index (χ2n) is 6.45. The second-order valence-corrected chi connectivity index (χ2v) is 7.61. The number of nitrogens with zero attached hydrogens (tertiary/aromatic N) is 1. The van der Waals surface area contributed by atoms with E-state index in [0.717, 1.165) is 51.5 Å². The highest BCUT2D eigenvalue weighted by atomic mass is 32.2. The Morgan fingerprint density at radius 1 is 1.08 bits per heavy atom. The van der Waals surface area contributed by atoms with Crippen molar-refractivity contribution in [3.05, 3.63) is 0 Å². The molecule has 6 heteroatoms. The molecule has 0 aromatic heterocycles. The van der Waals surface area contributed by atoms with Crippen LogP contribution >= 0.6 is 11.8 Å². The summed E-state index contributed by atoms with van der Waals surface area (Å²) in [5.41, 5.74) is 0. The number of Topliss-reactive ketones (excluding diaryl/α,β-unsaturated/α-hetero) is 1. The molecule has 138 valence electrons. The maximum atomic E-state index is 12.0. The van der Waals surface area contributed by atoms with Crippen LogP contribution in [0.25, 0.3) is 0 Å². The van der Waals surface area contributed by atoms with E-state index in [1.165, 1.54) is 0 Å². The lowest BCUT2D eigenvalue weighted by Crippen LogP contribution is -2.34. The van der Waals surface area contributed by atoms with Crippen molar-refractivity contribution in [2.45, 2.75) is 82.9 Å². The number of carboxylic acids is 1. The van der Waals surface area contributed by atoms with Crippen LogP contribution in [0.15, 0.2) is 0 Å². The number of hydrogen-bond donors (Lipinski definition) is 1. The van der Waals surface area contributed by atoms with Crippen molar-refractivity contribution in [3.63, 3.8) is 0 Å². The number of hydrogen-bond acceptors (Lipinski definition) is 4. The smallest absolute Gasteiger partial charge is 0.303 e. The lowest BCUT2D eigenvalue weighted by molar-refractivity contribution is -0.137. The number of carboxylic acid groups (broad SMARTS) is 1. The molecule has 1 saturated heterocycles. The number of carbonyl (C=O) groups excluding carboxylic acids is 2. The lowest BCUT2D eigenvalue weighted by atomic mass is 10.1. The number of ketones is 1. The van der Waals surface area contributed by atoms with Gasteiger partial charge in [-0.1, -0.05) is 32.6 Å². The van der Waals surface area contributed by atoms with E-state index in [1.807, 2.05) is 4.90 Å². The highest BCUT2D eigenvalue weighted by molar-refractivity contribution is 8.00. The summed E-state index contributed by atoms with van der Waals surface area (Å²) in [7, 11) is 0. The first-order valence-corrected chi connectivity index (χ1v) is 10.2. The van der Waals surface area contributed by atoms with Crippen LogP contribution in [0.2, 0.25) is 0 Å². The summed E-state index contributed by atoms with van der Waals surface area (Å²) in [6.07, 6.45) is 8.89. The Morgan fingerprint density at radius 2 is 1.79 bits per heavy atom. The third-order valence-electron chi connectivity index (χ3n) is 4.34. The number of carbonyl (C=O) groups is 3. The van der Waals surface area contributed by atoms with Gasteiger partial charge < -0.3 is 10.0 Å². The highest BCUT2D eigenvalue weighted by Crippen LogP contribution is 2.29. The largest absolute Gasteiger partial charge is 0.481 e. The summed E-state index contributed by atoms with van der Waals surface area (Å²) in [5, 5.41) is 8.75. The molecule has 1 fully saturated rings. The van der Waals surface area contributed by atoms with Crippen molar-refractivity contribution in [2.75, 3.05) is 12.3 Å². The van der Waals surface area contributed by atoms with Crippen molar-refractivity contribution in [2.24, 2.45) is 0 Å². The summed E-state index contributed by atoms with van der Waals surface area (Å²) in [4.78, 5) is 36.3. The van der Waals surface area contributed by atoms with Gasteiger partial charge in [0.25, 0.3) is 0 Å². The fourth-order valence-corrected chi connectivity index (χ4v) is 4.09. The summed E-state index contributed by atoms with van der Waals surface area (Å²) in [5.74, 6) is 0.268. The first-order chi connectivity index (χ1) is 11.5. The van der Waals surface area contributed by atoms with E-state index in [9.17, 15) is 14.4 Å². The molecule has 1 N–H and O–H groups in total. The third kappa shape index (κ3) is 8.71. The zero-order chi connectivity index (χ0) is 17.8. The van der Waals surface area contributed by atoms with Gasteiger partial charge in [-0.15, -0.1) is 11.8 Å². The molecular formula is C18H31NO4S. The number of aliphatic carboxylic acids is 1. The molecule has 0 aromatic carbocycles. The van der Waals surface area contributed by atoms with E-state index in [-0.39, 0.29) is 17.7 Å². The molecular weight excluding hydrogens is 326 g/mol. The van der Waals surface area contributed by atoms with Crippen LogP contribution in [0.5, 0.6) is 0 Å². The number of rotatable bonds is 14. The minimum atomic E-state index is -0.746. The van der Waals surface area contributed by atoms with Crippen molar-refractivity contribution in [1.29, 1.82) is 0 Å². The van der Waals surface area contributed by atoms with E-state index >= 15 is 0 Å². The molecule has 1 rings (SSSR count). The molecule has 1 aliphatic heterocycles. The van der Waals surface area contributed by atoms with Gasteiger partial charge in [0.05, 0.1) is 11.1 Å². The van der Waals surface area contributed by atoms with Gasteiger partial charge >= 0.3 is 5.97 Å². The van der Waals surface area contributed by atoms with Crippen LogP contribution in [-0.4, -0.2) is 45.3 Å². The molecule has 1 amide bonds. The average molecular weight is 358 g/mol. The summed E-state index contributed by atoms with van der Waals surface area (Å²) >= 11 is 1.65. The Bertz CT molecular complexity index is 414. The summed E-state index contributed by atoms with van der Waals surface area (Å²) in [6.45, 7) is 2.86. The first-order valence-electron chi connectivity index (χ1n) is 9.19. The molecule has 24 heavy (non-hydrogen) atoms. The van der Waals surface area contributed by atoms with Gasteiger partial charge in [-0.25, -0.2) is 0 Å². The van der Waals surface area contributed by atoms with Crippen molar-refractivity contribution >= 4 is 29.4 Å². The Kier molecular flexibility index (Phi) is 10.8. The number of thioether (sulfide) groups is 1. The van der Waals surface area contributed by atoms with Crippen molar-refractivity contribution < 1.29 is 19.5 Å². The minimum absolute atomic E-state index is 0.145. The maximum absolute atomic E-state index is 12.0. The number of unbranched alkanes of at least 4 members (excludes halogenated alkanes) is 5. The average Bonchev–Trinajstić information content (AvgIpc) is 2.89. The van der Waals surface area contributed by atoms with E-state index in [1.54, 1.807) is 11.8 Å². The Labute approximate surface area is 149 Å². The molecule has 0 saturated carbocycles. The van der Waals surface area contributed by atoms with Gasteiger partial charge in [0.15, 0.2) is 0 Å². The number of amides is 1. The van der Waals surface area contributed by atoms with E-state index < -0.39 is 5.97 Å². The molecule has 1 atom stereocenters. The zero-order valence-electron chi connectivity index (χ0n) is 14.8. The SMILES string of the molecule is CCCCCC(=O)CCC1SCC(=O)N1CCCCCCC(=O)O. The van der Waals surface area contributed by atoms with Crippen LogP contribution in [0.3, 0.4) is 0 Å². The predicted octanol–water partition coefficient (Wildman–Crippen LogP) is 3.85. The zero-order valence-corrected chi connectivity index (χ0v) is 15.6. The first kappa shape index (κ1) is 21.0. The fraction of sp³-hybridized carbons (Fsp3) is 0.833. The maximum Gasteiger partial charge on any atom is 0.303 e. The molecule has 0 bridgehead atoms. The van der Waals surface area contributed by atoms with E-state index in [2.05, 4.69) is 6.92 Å². The van der Waals surface area contributed by atoms with Gasteiger partial charge in [-0.3, -0.25) is 14.4 Å². The van der Waals surface area contributed by atoms with Crippen molar-refractivity contribution in [1.82, 2.24) is 4.90 Å². The molecule has 5 nitrogen and oxygen atoms in total. The van der Waals surface area contributed by atoms with Crippen LogP contribution in [0, 0.1) is 0 Å². The van der Waals surface area contributed by atoms with Crippen molar-refractivity contribution in [3.8, 4) is 0 Å². The molecule has 1 heterocycles. The van der Waals surface area contributed by atoms with Crippen LogP contribution in [0.1, 0.15) is 77.6 Å². The second kappa shape index (κ2) is 12.3. The predicted molar refractivity (Wildman–Crippen MR) is 97.1 cm³/mol. The summed E-state index contributed by atoms with van der Waals surface area (Å²) in [6, 6.07) is 0. The Hall–Kier alpha value is -1.04. The monoisotopic (exact) mass is 357 g/mol. The molecule has 1 unspecified atom stereocenters. The fourth-order valence-electron chi connectivity index (χ4n) is 2.90. The quantitative estimate of drug-likeness (QED) is 0.478. The lowest BCUT2D eigenvalue weighted by Gasteiger charge is -2.23. The molecule has 0 radical (unpaired) electrons. The van der Waals surface area contributed by atoms with Crippen LogP contribution in [-0.2, 0) is 14.4 Å². The highest BCUT2D eigenvalue weighted by Gasteiger charge is 2.30. The molecule has 0 aliphatic carbocycles. The van der Waals surface area contributed by atoms with Gasteiger partial charge in [0.1, 0.15) is 5.78 Å². The normalized spacial score (nSPS) is 17.5. The summed E-state index contributed by atoms with van der Waals surface area (Å²) < 4.78 is 0. The molecule has 1 aliphatic rings. The van der Waals surface area contributed by atoms with Crippen LogP contribution < -0.4 is 0 Å². The van der Waals surface area contributed by atoms with Crippen LogP contribution in [0.4, 0.5) is 0 Å². The van der Waals surface area contributed by atoms with Gasteiger partial charge in [-0.05, 0) is 25.7 Å². The topological polar surface area (TPSA) is 74.7 Å². The third-order valence-corrected chi connectivity index (χ3v) is 5.62.